The van der Waals surface area contributed by atoms with E-state index in [1.807, 2.05) is 0 Å². The number of primary amides is 1. The Morgan fingerprint density at radius 2 is 1.92 bits per heavy atom. The van der Waals surface area contributed by atoms with Crippen LogP contribution in [0.25, 0.3) is 0 Å². The summed E-state index contributed by atoms with van der Waals surface area (Å²) in [6.07, 6.45) is 7.23. The summed E-state index contributed by atoms with van der Waals surface area (Å²) in [5.41, 5.74) is 7.53. The summed E-state index contributed by atoms with van der Waals surface area (Å²) in [5.74, 6) is 3.18. The number of ether oxygens (including phenoxy) is 2. The SMILES string of the molecule is C#Cc1cc2c(cc1F)SCCC(=O)N2Cc1ccc(C2CCOCC2)cc1.CC(C)(C)OC(N)=O. The number of halogens is 1. The quantitative estimate of drug-likeness (QED) is 0.541. The van der Waals surface area contributed by atoms with E-state index in [9.17, 15) is 14.0 Å². The predicted octanol–water partition coefficient (Wildman–Crippen LogP) is 5.61. The maximum atomic E-state index is 14.1. The van der Waals surface area contributed by atoms with Crippen LogP contribution in [-0.4, -0.2) is 36.6 Å². The molecule has 0 aliphatic carbocycles. The number of hydrogen-bond donors (Lipinski definition) is 1. The molecular formula is C28H33FN2O4S. The Bertz CT molecular complexity index is 1120. The highest BCUT2D eigenvalue weighted by Gasteiger charge is 2.25. The Balaban J connectivity index is 0.000000392. The van der Waals surface area contributed by atoms with Gasteiger partial charge in [0.25, 0.3) is 0 Å². The molecule has 4 rings (SSSR count). The Hall–Kier alpha value is -3.02. The molecular weight excluding hydrogens is 479 g/mol. The topological polar surface area (TPSA) is 81.9 Å². The Labute approximate surface area is 216 Å². The first-order chi connectivity index (χ1) is 17.1. The maximum absolute atomic E-state index is 14.1. The van der Waals surface area contributed by atoms with Crippen LogP contribution in [0, 0.1) is 18.2 Å². The van der Waals surface area contributed by atoms with Gasteiger partial charge in [-0.2, -0.15) is 0 Å². The number of nitrogens with zero attached hydrogens (tertiary/aromatic N) is 1. The lowest BCUT2D eigenvalue weighted by molar-refractivity contribution is -0.118. The highest BCUT2D eigenvalue weighted by Crippen LogP contribution is 2.37. The molecule has 0 radical (unpaired) electrons. The summed E-state index contributed by atoms with van der Waals surface area (Å²) in [5, 5.41) is 0. The monoisotopic (exact) mass is 512 g/mol. The lowest BCUT2D eigenvalue weighted by atomic mass is 9.91. The number of carbonyl (C=O) groups excluding carboxylic acids is 2. The minimum Gasteiger partial charge on any atom is -0.444 e. The number of hydrogen-bond acceptors (Lipinski definition) is 5. The third-order valence-corrected chi connectivity index (χ3v) is 6.84. The second-order valence-electron chi connectivity index (χ2n) is 9.68. The highest BCUT2D eigenvalue weighted by molar-refractivity contribution is 7.99. The van der Waals surface area contributed by atoms with Gasteiger partial charge in [0.1, 0.15) is 11.4 Å². The Kier molecular flexibility index (Phi) is 9.41. The number of anilines is 1. The van der Waals surface area contributed by atoms with Gasteiger partial charge >= 0.3 is 6.09 Å². The van der Waals surface area contributed by atoms with Crippen LogP contribution in [0.3, 0.4) is 0 Å². The lowest BCUT2D eigenvalue weighted by Gasteiger charge is -2.25. The molecule has 0 saturated carbocycles. The van der Waals surface area contributed by atoms with Crippen LogP contribution in [-0.2, 0) is 20.8 Å². The molecule has 8 heteroatoms. The molecule has 2 amide bonds. The van der Waals surface area contributed by atoms with Crippen LogP contribution in [0.2, 0.25) is 0 Å². The van der Waals surface area contributed by atoms with Crippen LogP contribution in [0.5, 0.6) is 0 Å². The third kappa shape index (κ3) is 7.74. The first kappa shape index (κ1) is 27.6. The average Bonchev–Trinajstić information content (AvgIpc) is 2.96. The van der Waals surface area contributed by atoms with Crippen LogP contribution in [0.1, 0.15) is 62.6 Å². The first-order valence-electron chi connectivity index (χ1n) is 12.0. The molecule has 0 aromatic heterocycles. The van der Waals surface area contributed by atoms with Crippen molar-refractivity contribution in [3.05, 3.63) is 58.9 Å². The van der Waals surface area contributed by atoms with E-state index in [-0.39, 0.29) is 11.5 Å². The lowest BCUT2D eigenvalue weighted by Crippen LogP contribution is -2.30. The van der Waals surface area contributed by atoms with E-state index in [2.05, 4.69) is 34.9 Å². The predicted molar refractivity (Wildman–Crippen MR) is 141 cm³/mol. The minimum atomic E-state index is -0.725. The molecule has 1 fully saturated rings. The van der Waals surface area contributed by atoms with Crippen molar-refractivity contribution in [3.63, 3.8) is 0 Å². The van der Waals surface area contributed by atoms with E-state index in [4.69, 9.17) is 16.9 Å². The van der Waals surface area contributed by atoms with Gasteiger partial charge in [0, 0.05) is 30.3 Å². The molecule has 0 unspecified atom stereocenters. The number of nitrogens with two attached hydrogens (primary N) is 1. The summed E-state index contributed by atoms with van der Waals surface area (Å²) in [4.78, 5) is 25.2. The zero-order valence-corrected chi connectivity index (χ0v) is 21.8. The Morgan fingerprint density at radius 3 is 2.47 bits per heavy atom. The fraction of sp³-hybridized carbons (Fsp3) is 0.429. The van der Waals surface area contributed by atoms with Gasteiger partial charge in [0.2, 0.25) is 5.91 Å². The number of thioether (sulfide) groups is 1. The zero-order chi connectivity index (χ0) is 26.3. The van der Waals surface area contributed by atoms with E-state index < -0.39 is 17.5 Å². The van der Waals surface area contributed by atoms with Crippen molar-refractivity contribution in [1.82, 2.24) is 0 Å². The average molecular weight is 513 g/mol. The number of terminal acetylenes is 1. The van der Waals surface area contributed by atoms with Crippen LogP contribution >= 0.6 is 11.8 Å². The number of amides is 2. The normalized spacial score (nSPS) is 16.2. The van der Waals surface area contributed by atoms with Gasteiger partial charge in [-0.05, 0) is 62.8 Å². The number of carbonyl (C=O) groups is 2. The van der Waals surface area contributed by atoms with Crippen LogP contribution in [0.4, 0.5) is 14.9 Å². The fourth-order valence-electron chi connectivity index (χ4n) is 4.08. The summed E-state index contributed by atoms with van der Waals surface area (Å²) in [6, 6.07) is 11.6. The highest BCUT2D eigenvalue weighted by atomic mass is 32.2. The van der Waals surface area contributed by atoms with E-state index in [0.717, 1.165) is 36.5 Å². The minimum absolute atomic E-state index is 0.0364. The van der Waals surface area contributed by atoms with Crippen LogP contribution < -0.4 is 10.6 Å². The molecule has 0 bridgehead atoms. The smallest absolute Gasteiger partial charge is 0.405 e. The van der Waals surface area contributed by atoms with Crippen molar-refractivity contribution in [1.29, 1.82) is 0 Å². The molecule has 2 heterocycles. The van der Waals surface area contributed by atoms with Crippen molar-refractivity contribution in [3.8, 4) is 12.3 Å². The van der Waals surface area contributed by atoms with Crippen molar-refractivity contribution in [2.24, 2.45) is 5.73 Å². The van der Waals surface area contributed by atoms with Gasteiger partial charge in [0.05, 0.1) is 17.8 Å². The van der Waals surface area contributed by atoms with Gasteiger partial charge in [-0.1, -0.05) is 30.2 Å². The molecule has 2 aromatic carbocycles. The first-order valence-corrected chi connectivity index (χ1v) is 12.9. The van der Waals surface area contributed by atoms with Gasteiger partial charge in [-0.3, -0.25) is 4.79 Å². The van der Waals surface area contributed by atoms with Crippen molar-refractivity contribution >= 4 is 29.4 Å². The van der Waals surface area contributed by atoms with Gasteiger partial charge in [0.15, 0.2) is 0 Å². The maximum Gasteiger partial charge on any atom is 0.405 e. The molecule has 2 aliphatic heterocycles. The molecule has 2 N–H and O–H groups in total. The molecule has 6 nitrogen and oxygen atoms in total. The second-order valence-corrected chi connectivity index (χ2v) is 10.8. The van der Waals surface area contributed by atoms with Crippen molar-refractivity contribution < 1.29 is 23.5 Å². The van der Waals surface area contributed by atoms with Crippen molar-refractivity contribution in [2.75, 3.05) is 23.9 Å². The number of benzene rings is 2. The fourth-order valence-corrected chi connectivity index (χ4v) is 5.08. The molecule has 0 atom stereocenters. The summed E-state index contributed by atoms with van der Waals surface area (Å²) < 4.78 is 24.1. The van der Waals surface area contributed by atoms with E-state index in [1.54, 1.807) is 31.7 Å². The third-order valence-electron chi connectivity index (χ3n) is 5.79. The van der Waals surface area contributed by atoms with Crippen molar-refractivity contribution in [2.45, 2.75) is 63.0 Å². The van der Waals surface area contributed by atoms with E-state index >= 15 is 0 Å². The zero-order valence-electron chi connectivity index (χ0n) is 21.0. The van der Waals surface area contributed by atoms with Gasteiger partial charge < -0.3 is 20.1 Å². The second kappa shape index (κ2) is 12.3. The molecule has 2 aliphatic rings. The summed E-state index contributed by atoms with van der Waals surface area (Å²) in [7, 11) is 0. The molecule has 2 aromatic rings. The van der Waals surface area contributed by atoms with E-state index in [1.165, 1.54) is 23.4 Å². The molecule has 36 heavy (non-hydrogen) atoms. The van der Waals surface area contributed by atoms with E-state index in [0.29, 0.717) is 30.3 Å². The number of fused-ring (bicyclic) bond motifs is 1. The largest absolute Gasteiger partial charge is 0.444 e. The summed E-state index contributed by atoms with van der Waals surface area (Å²) >= 11 is 1.50. The van der Waals surface area contributed by atoms with Gasteiger partial charge in [-0.25, -0.2) is 9.18 Å². The summed E-state index contributed by atoms with van der Waals surface area (Å²) in [6.45, 7) is 7.37. The van der Waals surface area contributed by atoms with Gasteiger partial charge in [-0.15, -0.1) is 18.2 Å². The molecule has 1 saturated heterocycles. The Morgan fingerprint density at radius 1 is 1.25 bits per heavy atom. The molecule has 192 valence electrons. The van der Waals surface area contributed by atoms with Crippen LogP contribution in [0.15, 0.2) is 41.3 Å². The molecule has 0 spiro atoms. The number of rotatable bonds is 3. The standard InChI is InChI=1S/C23H22FNO2S.C5H11NO2/c1-2-17-13-21-22(14-20(17)24)28-12-9-23(26)25(21)15-16-3-5-18(6-4-16)19-7-10-27-11-8-19;1-5(2,3)8-4(6)7/h1,3-6,13-14,19H,7-12,15H2;1-3H3,(H2,6,7).